The molecular formula is C20H23N3O2. The van der Waals surface area contributed by atoms with Gasteiger partial charge in [0.1, 0.15) is 5.75 Å². The van der Waals surface area contributed by atoms with Gasteiger partial charge in [-0.05, 0) is 55.3 Å². The van der Waals surface area contributed by atoms with Gasteiger partial charge < -0.3 is 15.0 Å². The monoisotopic (exact) mass is 337 g/mol. The number of fused-ring (bicyclic) bond motifs is 2. The lowest BCUT2D eigenvalue weighted by atomic mass is 9.99. The lowest BCUT2D eigenvalue weighted by molar-refractivity contribution is 0.257. The molecule has 5 nitrogen and oxygen atoms in total. The van der Waals surface area contributed by atoms with E-state index in [9.17, 15) is 4.79 Å². The van der Waals surface area contributed by atoms with Crippen molar-refractivity contribution in [2.24, 2.45) is 0 Å². The van der Waals surface area contributed by atoms with E-state index in [4.69, 9.17) is 4.74 Å². The smallest absolute Gasteiger partial charge is 0.326 e. The maximum Gasteiger partial charge on any atom is 0.326 e. The Morgan fingerprint density at radius 1 is 1.12 bits per heavy atom. The van der Waals surface area contributed by atoms with Gasteiger partial charge in [0.15, 0.2) is 0 Å². The largest absolute Gasteiger partial charge is 0.496 e. The third kappa shape index (κ3) is 2.96. The summed E-state index contributed by atoms with van der Waals surface area (Å²) in [5.41, 5.74) is 5.58. The van der Waals surface area contributed by atoms with E-state index in [2.05, 4.69) is 29.4 Å². The number of nitrogens with zero attached hydrogens (tertiary/aromatic N) is 2. The number of carbonyl (C=O) groups is 1. The molecule has 0 bridgehead atoms. The molecule has 5 heteroatoms. The summed E-state index contributed by atoms with van der Waals surface area (Å²) in [5.74, 6) is 0.851. The third-order valence-corrected chi connectivity index (χ3v) is 5.11. The van der Waals surface area contributed by atoms with Crippen molar-refractivity contribution < 1.29 is 9.53 Å². The highest BCUT2D eigenvalue weighted by atomic mass is 16.5. The quantitative estimate of drug-likeness (QED) is 0.915. The summed E-state index contributed by atoms with van der Waals surface area (Å²) in [5, 5.41) is 3.05. The van der Waals surface area contributed by atoms with Crippen LogP contribution in [0.4, 0.5) is 16.2 Å². The Balaban J connectivity index is 1.54. The van der Waals surface area contributed by atoms with Gasteiger partial charge in [0.2, 0.25) is 0 Å². The SMILES string of the molecule is COc1cccc2c1CCN2C(=O)Nc1ccc2c(c1)CN(C)CC2. The molecule has 25 heavy (non-hydrogen) atoms. The van der Waals surface area contributed by atoms with Crippen molar-refractivity contribution in [3.8, 4) is 5.75 Å². The number of urea groups is 1. The number of carbonyl (C=O) groups excluding carboxylic acids is 1. The van der Waals surface area contributed by atoms with Crippen molar-refractivity contribution in [1.82, 2.24) is 4.90 Å². The Morgan fingerprint density at radius 2 is 2.00 bits per heavy atom. The average Bonchev–Trinajstić information content (AvgIpc) is 3.05. The molecular weight excluding hydrogens is 314 g/mol. The van der Waals surface area contributed by atoms with Crippen LogP contribution >= 0.6 is 0 Å². The van der Waals surface area contributed by atoms with Crippen molar-refractivity contribution in [2.45, 2.75) is 19.4 Å². The molecule has 0 radical (unpaired) electrons. The summed E-state index contributed by atoms with van der Waals surface area (Å²) < 4.78 is 5.41. The predicted octanol–water partition coefficient (Wildman–Crippen LogP) is 3.28. The summed E-state index contributed by atoms with van der Waals surface area (Å²) in [4.78, 5) is 16.9. The fourth-order valence-electron chi connectivity index (χ4n) is 3.77. The van der Waals surface area contributed by atoms with Crippen LogP contribution in [-0.4, -0.2) is 38.2 Å². The van der Waals surface area contributed by atoms with Gasteiger partial charge in [-0.25, -0.2) is 4.79 Å². The molecule has 1 N–H and O–H groups in total. The van der Waals surface area contributed by atoms with Crippen molar-refractivity contribution in [3.05, 3.63) is 53.1 Å². The molecule has 0 atom stereocenters. The lowest BCUT2D eigenvalue weighted by Crippen LogP contribution is -2.33. The predicted molar refractivity (Wildman–Crippen MR) is 99.5 cm³/mol. The van der Waals surface area contributed by atoms with Crippen LogP contribution in [0.25, 0.3) is 0 Å². The first-order chi connectivity index (χ1) is 12.2. The van der Waals surface area contributed by atoms with E-state index in [1.807, 2.05) is 24.3 Å². The molecule has 130 valence electrons. The lowest BCUT2D eigenvalue weighted by Gasteiger charge is -2.25. The molecule has 0 saturated carbocycles. The van der Waals surface area contributed by atoms with Crippen molar-refractivity contribution in [1.29, 1.82) is 0 Å². The van der Waals surface area contributed by atoms with Crippen molar-refractivity contribution in [3.63, 3.8) is 0 Å². The number of rotatable bonds is 2. The second kappa shape index (κ2) is 6.41. The van der Waals surface area contributed by atoms with Gasteiger partial charge in [-0.1, -0.05) is 12.1 Å². The summed E-state index contributed by atoms with van der Waals surface area (Å²) >= 11 is 0. The number of nitrogens with one attached hydrogen (secondary N) is 1. The van der Waals surface area contributed by atoms with E-state index in [0.717, 1.165) is 48.6 Å². The molecule has 0 spiro atoms. The molecule has 0 aromatic heterocycles. The van der Waals surface area contributed by atoms with Crippen LogP contribution in [0, 0.1) is 0 Å². The standard InChI is InChI=1S/C20H23N3O2/c1-22-10-8-14-6-7-16(12-15(14)13-22)21-20(24)23-11-9-17-18(23)4-3-5-19(17)25-2/h3-7,12H,8-11,13H2,1-2H3,(H,21,24). The fraction of sp³-hybridized carbons (Fsp3) is 0.350. The first-order valence-electron chi connectivity index (χ1n) is 8.70. The van der Waals surface area contributed by atoms with Crippen LogP contribution < -0.4 is 15.0 Å². The van der Waals surface area contributed by atoms with Crippen LogP contribution in [-0.2, 0) is 19.4 Å². The molecule has 0 aliphatic carbocycles. The number of anilines is 2. The number of amides is 2. The van der Waals surface area contributed by atoms with Crippen LogP contribution in [0.2, 0.25) is 0 Å². The number of hydrogen-bond donors (Lipinski definition) is 1. The molecule has 2 heterocycles. The van der Waals surface area contributed by atoms with Gasteiger partial charge in [-0.2, -0.15) is 0 Å². The van der Waals surface area contributed by atoms with Gasteiger partial charge in [-0.15, -0.1) is 0 Å². The highest BCUT2D eigenvalue weighted by Gasteiger charge is 2.27. The average molecular weight is 337 g/mol. The summed E-state index contributed by atoms with van der Waals surface area (Å²) in [6.45, 7) is 2.70. The summed E-state index contributed by atoms with van der Waals surface area (Å²) in [7, 11) is 3.80. The van der Waals surface area contributed by atoms with E-state index in [1.165, 1.54) is 11.1 Å². The Bertz CT molecular complexity index is 819. The fourth-order valence-corrected chi connectivity index (χ4v) is 3.77. The zero-order chi connectivity index (χ0) is 17.4. The summed E-state index contributed by atoms with van der Waals surface area (Å²) in [6.07, 6.45) is 1.89. The van der Waals surface area contributed by atoms with Crippen LogP contribution in [0.15, 0.2) is 36.4 Å². The van der Waals surface area contributed by atoms with E-state index >= 15 is 0 Å². The number of methoxy groups -OCH3 is 1. The normalized spacial score (nSPS) is 16.3. The van der Waals surface area contributed by atoms with Crippen molar-refractivity contribution in [2.75, 3.05) is 37.5 Å². The second-order valence-corrected chi connectivity index (χ2v) is 6.76. The maximum absolute atomic E-state index is 12.8. The van der Waals surface area contributed by atoms with Crippen molar-refractivity contribution >= 4 is 17.4 Å². The van der Waals surface area contributed by atoms with Gasteiger partial charge in [0, 0.05) is 30.9 Å². The van der Waals surface area contributed by atoms with Gasteiger partial charge in [0.25, 0.3) is 0 Å². The molecule has 0 fully saturated rings. The zero-order valence-electron chi connectivity index (χ0n) is 14.7. The maximum atomic E-state index is 12.8. The summed E-state index contributed by atoms with van der Waals surface area (Å²) in [6, 6.07) is 12.0. The second-order valence-electron chi connectivity index (χ2n) is 6.76. The van der Waals surface area contributed by atoms with Gasteiger partial charge >= 0.3 is 6.03 Å². The number of ether oxygens (including phenoxy) is 1. The minimum Gasteiger partial charge on any atom is -0.496 e. The van der Waals surface area contributed by atoms with Gasteiger partial charge in [-0.3, -0.25) is 4.90 Å². The van der Waals surface area contributed by atoms with Crippen LogP contribution in [0.3, 0.4) is 0 Å². The van der Waals surface area contributed by atoms with Crippen LogP contribution in [0.5, 0.6) is 5.75 Å². The minimum absolute atomic E-state index is 0.0869. The zero-order valence-corrected chi connectivity index (χ0v) is 14.7. The molecule has 2 aliphatic rings. The highest BCUT2D eigenvalue weighted by Crippen LogP contribution is 2.35. The Hall–Kier alpha value is -2.53. The van der Waals surface area contributed by atoms with E-state index in [0.29, 0.717) is 6.54 Å². The molecule has 0 unspecified atom stereocenters. The number of benzene rings is 2. The molecule has 2 aromatic rings. The van der Waals surface area contributed by atoms with E-state index in [-0.39, 0.29) is 6.03 Å². The minimum atomic E-state index is -0.0869. The molecule has 4 rings (SSSR count). The van der Waals surface area contributed by atoms with E-state index in [1.54, 1.807) is 12.0 Å². The Kier molecular flexibility index (Phi) is 4.09. The molecule has 0 saturated heterocycles. The van der Waals surface area contributed by atoms with E-state index < -0.39 is 0 Å². The van der Waals surface area contributed by atoms with Gasteiger partial charge in [0.05, 0.1) is 12.8 Å². The third-order valence-electron chi connectivity index (χ3n) is 5.11. The molecule has 2 aliphatic heterocycles. The first kappa shape index (κ1) is 16.0. The number of likely N-dealkylation sites (N-methyl/N-ethyl adjacent to an activating group) is 1. The topological polar surface area (TPSA) is 44.8 Å². The number of hydrogen-bond acceptors (Lipinski definition) is 3. The Labute approximate surface area is 148 Å². The molecule has 2 amide bonds. The first-order valence-corrected chi connectivity index (χ1v) is 8.70. The van der Waals surface area contributed by atoms with Crippen LogP contribution in [0.1, 0.15) is 16.7 Å². The highest BCUT2D eigenvalue weighted by molar-refractivity contribution is 6.03. The Morgan fingerprint density at radius 3 is 2.84 bits per heavy atom. The molecule has 2 aromatic carbocycles.